The molecule has 7 heteroatoms. The lowest BCUT2D eigenvalue weighted by Crippen LogP contribution is -2.41. The first-order valence-corrected chi connectivity index (χ1v) is 5.55. The molecule has 0 bridgehead atoms. The number of aliphatic hydroxyl groups excluding tert-OH is 1. The molecule has 1 atom stereocenters. The fraction of sp³-hybridized carbons (Fsp3) is 0.700. The smallest absolute Gasteiger partial charge is 0.321 e. The molecule has 1 unspecified atom stereocenters. The SMILES string of the molecule is CC(C)CC(CO)NC(=O)Nc1ncnn1C. The van der Waals surface area contributed by atoms with E-state index in [0.717, 1.165) is 6.42 Å². The van der Waals surface area contributed by atoms with E-state index in [1.54, 1.807) is 7.05 Å². The van der Waals surface area contributed by atoms with Gasteiger partial charge in [-0.2, -0.15) is 10.1 Å². The second-order valence-corrected chi connectivity index (χ2v) is 4.31. The van der Waals surface area contributed by atoms with Crippen molar-refractivity contribution in [3.8, 4) is 0 Å². The van der Waals surface area contributed by atoms with Gasteiger partial charge in [-0.1, -0.05) is 13.8 Å². The summed E-state index contributed by atoms with van der Waals surface area (Å²) in [4.78, 5) is 15.5. The van der Waals surface area contributed by atoms with Crippen LogP contribution in [0.15, 0.2) is 6.33 Å². The van der Waals surface area contributed by atoms with Crippen LogP contribution < -0.4 is 10.6 Å². The summed E-state index contributed by atoms with van der Waals surface area (Å²) in [6, 6.07) is -0.635. The summed E-state index contributed by atoms with van der Waals surface area (Å²) in [5, 5.41) is 18.2. The Hall–Kier alpha value is -1.63. The maximum absolute atomic E-state index is 11.6. The average Bonchev–Trinajstić information content (AvgIpc) is 2.62. The number of hydrogen-bond donors (Lipinski definition) is 3. The van der Waals surface area contributed by atoms with E-state index in [2.05, 4.69) is 20.7 Å². The van der Waals surface area contributed by atoms with Crippen molar-refractivity contribution >= 4 is 12.0 Å². The monoisotopic (exact) mass is 241 g/mol. The standard InChI is InChI=1S/C10H19N5O2/c1-7(2)4-8(5-16)13-10(17)14-9-11-6-12-15(9)3/h6-8,16H,4-5H2,1-3H3,(H2,11,12,13,14,17). The van der Waals surface area contributed by atoms with E-state index in [4.69, 9.17) is 5.11 Å². The Morgan fingerprint density at radius 2 is 2.29 bits per heavy atom. The summed E-state index contributed by atoms with van der Waals surface area (Å²) in [7, 11) is 1.68. The summed E-state index contributed by atoms with van der Waals surface area (Å²) in [5.74, 6) is 0.769. The molecule has 0 aliphatic heterocycles. The summed E-state index contributed by atoms with van der Waals surface area (Å²) in [6.07, 6.45) is 2.08. The van der Waals surface area contributed by atoms with Crippen LogP contribution in [0.2, 0.25) is 0 Å². The van der Waals surface area contributed by atoms with Crippen molar-refractivity contribution in [1.29, 1.82) is 0 Å². The lowest BCUT2D eigenvalue weighted by molar-refractivity contribution is 0.214. The van der Waals surface area contributed by atoms with Crippen molar-refractivity contribution in [2.75, 3.05) is 11.9 Å². The van der Waals surface area contributed by atoms with Gasteiger partial charge in [0.05, 0.1) is 12.6 Å². The van der Waals surface area contributed by atoms with Gasteiger partial charge in [-0.3, -0.25) is 5.32 Å². The van der Waals surface area contributed by atoms with Gasteiger partial charge in [-0.15, -0.1) is 0 Å². The van der Waals surface area contributed by atoms with E-state index in [0.29, 0.717) is 11.9 Å². The fourth-order valence-corrected chi connectivity index (χ4v) is 1.48. The highest BCUT2D eigenvalue weighted by molar-refractivity contribution is 5.87. The number of rotatable bonds is 5. The molecule has 7 nitrogen and oxygen atoms in total. The van der Waals surface area contributed by atoms with Gasteiger partial charge < -0.3 is 10.4 Å². The third kappa shape index (κ3) is 4.39. The summed E-state index contributed by atoms with van der Waals surface area (Å²) in [6.45, 7) is 3.99. The molecule has 0 aliphatic rings. The van der Waals surface area contributed by atoms with E-state index >= 15 is 0 Å². The zero-order valence-electron chi connectivity index (χ0n) is 10.3. The van der Waals surface area contributed by atoms with Crippen LogP contribution in [-0.2, 0) is 7.05 Å². The number of nitrogens with zero attached hydrogens (tertiary/aromatic N) is 3. The molecule has 1 aromatic heterocycles. The van der Waals surface area contributed by atoms with Crippen LogP contribution in [0.25, 0.3) is 0 Å². The van der Waals surface area contributed by atoms with Gasteiger partial charge in [-0.05, 0) is 12.3 Å². The molecule has 0 radical (unpaired) electrons. The fourth-order valence-electron chi connectivity index (χ4n) is 1.48. The number of nitrogens with one attached hydrogen (secondary N) is 2. The number of aromatic nitrogens is 3. The van der Waals surface area contributed by atoms with Crippen LogP contribution in [0.3, 0.4) is 0 Å². The number of amides is 2. The van der Waals surface area contributed by atoms with E-state index < -0.39 is 0 Å². The molecule has 0 saturated heterocycles. The summed E-state index contributed by atoms with van der Waals surface area (Å²) < 4.78 is 1.45. The third-order valence-electron chi connectivity index (χ3n) is 2.25. The second kappa shape index (κ2) is 6.19. The topological polar surface area (TPSA) is 92.1 Å². The van der Waals surface area contributed by atoms with E-state index in [9.17, 15) is 4.79 Å². The van der Waals surface area contributed by atoms with Gasteiger partial charge in [0.15, 0.2) is 0 Å². The molecule has 2 amide bonds. The van der Waals surface area contributed by atoms with Crippen molar-refractivity contribution in [3.63, 3.8) is 0 Å². The maximum Gasteiger partial charge on any atom is 0.321 e. The predicted octanol–water partition coefficient (Wildman–Crippen LogP) is 0.344. The molecule has 0 aliphatic carbocycles. The summed E-state index contributed by atoms with van der Waals surface area (Å²) >= 11 is 0. The van der Waals surface area contributed by atoms with Crippen molar-refractivity contribution < 1.29 is 9.90 Å². The summed E-state index contributed by atoms with van der Waals surface area (Å²) in [5.41, 5.74) is 0. The number of carbonyl (C=O) groups is 1. The molecule has 17 heavy (non-hydrogen) atoms. The predicted molar refractivity (Wildman–Crippen MR) is 63.5 cm³/mol. The first-order chi connectivity index (χ1) is 8.02. The number of anilines is 1. The molecule has 1 rings (SSSR count). The van der Waals surface area contributed by atoms with Crippen molar-refractivity contribution in [1.82, 2.24) is 20.1 Å². The Balaban J connectivity index is 2.45. The van der Waals surface area contributed by atoms with Crippen LogP contribution in [0.1, 0.15) is 20.3 Å². The highest BCUT2D eigenvalue weighted by Gasteiger charge is 2.14. The van der Waals surface area contributed by atoms with Crippen LogP contribution in [0, 0.1) is 5.92 Å². The lowest BCUT2D eigenvalue weighted by atomic mass is 10.0. The first kappa shape index (κ1) is 13.4. The highest BCUT2D eigenvalue weighted by atomic mass is 16.3. The van der Waals surface area contributed by atoms with Crippen LogP contribution >= 0.6 is 0 Å². The maximum atomic E-state index is 11.6. The van der Waals surface area contributed by atoms with Crippen molar-refractivity contribution in [2.24, 2.45) is 13.0 Å². The zero-order chi connectivity index (χ0) is 12.8. The Bertz CT molecular complexity index is 363. The first-order valence-electron chi connectivity index (χ1n) is 5.55. The number of aliphatic hydroxyl groups is 1. The van der Waals surface area contributed by atoms with Gasteiger partial charge in [0.1, 0.15) is 6.33 Å². The lowest BCUT2D eigenvalue weighted by Gasteiger charge is -2.18. The molecule has 96 valence electrons. The third-order valence-corrected chi connectivity index (χ3v) is 2.25. The number of urea groups is 1. The molecular formula is C10H19N5O2. The zero-order valence-corrected chi connectivity index (χ0v) is 10.3. The molecular weight excluding hydrogens is 222 g/mol. The van der Waals surface area contributed by atoms with Gasteiger partial charge in [0.2, 0.25) is 5.95 Å². The van der Waals surface area contributed by atoms with Crippen LogP contribution in [-0.4, -0.2) is 38.6 Å². The number of aryl methyl sites for hydroxylation is 1. The minimum Gasteiger partial charge on any atom is -0.394 e. The average molecular weight is 241 g/mol. The molecule has 1 heterocycles. The Kier molecular flexibility index (Phi) is 4.89. The minimum atomic E-state index is -0.388. The van der Waals surface area contributed by atoms with Gasteiger partial charge in [0, 0.05) is 7.05 Å². The number of hydrogen-bond acceptors (Lipinski definition) is 4. The van der Waals surface area contributed by atoms with Crippen LogP contribution in [0.5, 0.6) is 0 Å². The molecule has 0 aromatic carbocycles. The minimum absolute atomic E-state index is 0.0790. The van der Waals surface area contributed by atoms with E-state index in [1.165, 1.54) is 11.0 Å². The Morgan fingerprint density at radius 3 is 2.76 bits per heavy atom. The largest absolute Gasteiger partial charge is 0.394 e. The van der Waals surface area contributed by atoms with Gasteiger partial charge in [0.25, 0.3) is 0 Å². The quantitative estimate of drug-likeness (QED) is 0.693. The molecule has 0 spiro atoms. The van der Waals surface area contributed by atoms with E-state index in [1.807, 2.05) is 13.8 Å². The highest BCUT2D eigenvalue weighted by Crippen LogP contribution is 2.04. The van der Waals surface area contributed by atoms with Gasteiger partial charge in [-0.25, -0.2) is 9.48 Å². The van der Waals surface area contributed by atoms with Crippen molar-refractivity contribution in [2.45, 2.75) is 26.3 Å². The molecule has 0 saturated carbocycles. The van der Waals surface area contributed by atoms with E-state index in [-0.39, 0.29) is 18.7 Å². The molecule has 1 aromatic rings. The second-order valence-electron chi connectivity index (χ2n) is 4.31. The Labute approximate surface area is 100 Å². The molecule has 0 fully saturated rings. The number of carbonyl (C=O) groups excluding carboxylic acids is 1. The van der Waals surface area contributed by atoms with Crippen molar-refractivity contribution in [3.05, 3.63) is 6.33 Å². The van der Waals surface area contributed by atoms with Crippen LogP contribution in [0.4, 0.5) is 10.7 Å². The normalized spacial score (nSPS) is 12.5. The van der Waals surface area contributed by atoms with Gasteiger partial charge >= 0.3 is 6.03 Å². The molecule has 3 N–H and O–H groups in total. The Morgan fingerprint density at radius 1 is 1.59 bits per heavy atom.